The van der Waals surface area contributed by atoms with Gasteiger partial charge in [-0.05, 0) is 19.3 Å². The summed E-state index contributed by atoms with van der Waals surface area (Å²) in [6, 6.07) is 0.209. The van der Waals surface area contributed by atoms with Crippen LogP contribution in [0.25, 0.3) is 0 Å². The van der Waals surface area contributed by atoms with E-state index in [-0.39, 0.29) is 11.9 Å². The van der Waals surface area contributed by atoms with Gasteiger partial charge in [-0.15, -0.1) is 0 Å². The van der Waals surface area contributed by atoms with Gasteiger partial charge in [0.2, 0.25) is 5.91 Å². The van der Waals surface area contributed by atoms with Crippen molar-refractivity contribution in [2.75, 3.05) is 7.05 Å². The summed E-state index contributed by atoms with van der Waals surface area (Å²) in [7, 11) is 1.86. The van der Waals surface area contributed by atoms with Crippen molar-refractivity contribution >= 4 is 5.91 Å². The van der Waals surface area contributed by atoms with Crippen LogP contribution in [-0.2, 0) is 4.79 Å². The number of likely N-dealkylation sites (N-methyl/N-ethyl adjacent to an activating group) is 1. The molecule has 0 aromatic carbocycles. The van der Waals surface area contributed by atoms with Crippen molar-refractivity contribution in [3.8, 4) is 0 Å². The summed E-state index contributed by atoms with van der Waals surface area (Å²) in [5, 5.41) is 0. The normalized spacial score (nSPS) is 18.9. The minimum atomic E-state index is -0.277. The van der Waals surface area contributed by atoms with Gasteiger partial charge in [0.1, 0.15) is 0 Å². The molecule has 0 aromatic rings. The summed E-state index contributed by atoms with van der Waals surface area (Å²) in [5.41, 5.74) is 5.70. The van der Waals surface area contributed by atoms with Gasteiger partial charge in [-0.25, -0.2) is 0 Å². The monoisotopic (exact) mass is 170 g/mol. The summed E-state index contributed by atoms with van der Waals surface area (Å²) in [4.78, 5) is 13.3. The largest absolute Gasteiger partial charge is 0.341 e. The Morgan fingerprint density at radius 2 is 2.25 bits per heavy atom. The number of hydrogen-bond acceptors (Lipinski definition) is 2. The number of carbonyl (C=O) groups is 1. The van der Waals surface area contributed by atoms with Gasteiger partial charge in [0.25, 0.3) is 0 Å². The highest BCUT2D eigenvalue weighted by molar-refractivity contribution is 5.81. The van der Waals surface area contributed by atoms with Gasteiger partial charge in [-0.1, -0.05) is 13.3 Å². The number of rotatable bonds is 4. The van der Waals surface area contributed by atoms with E-state index < -0.39 is 0 Å². The highest BCUT2D eigenvalue weighted by atomic mass is 16.2. The third kappa shape index (κ3) is 2.21. The predicted molar refractivity (Wildman–Crippen MR) is 48.7 cm³/mol. The standard InChI is InChI=1S/C9H18N2O/c1-3-4-8(10)9(12)11(2)7-5-6-7/h7-8H,3-6,10H2,1-2H3. The maximum Gasteiger partial charge on any atom is 0.239 e. The van der Waals surface area contributed by atoms with Crippen molar-refractivity contribution in [3.05, 3.63) is 0 Å². The molecule has 1 aliphatic rings. The lowest BCUT2D eigenvalue weighted by atomic mass is 10.1. The van der Waals surface area contributed by atoms with E-state index in [0.717, 1.165) is 25.7 Å². The Bertz CT molecular complexity index is 166. The lowest BCUT2D eigenvalue weighted by Gasteiger charge is -2.20. The van der Waals surface area contributed by atoms with Crippen LogP contribution in [0, 0.1) is 0 Å². The van der Waals surface area contributed by atoms with E-state index in [1.165, 1.54) is 0 Å². The zero-order chi connectivity index (χ0) is 9.14. The van der Waals surface area contributed by atoms with Gasteiger partial charge in [-0.2, -0.15) is 0 Å². The van der Waals surface area contributed by atoms with Gasteiger partial charge >= 0.3 is 0 Å². The smallest absolute Gasteiger partial charge is 0.239 e. The Morgan fingerprint density at radius 3 is 2.67 bits per heavy atom. The molecule has 1 fully saturated rings. The third-order valence-electron chi connectivity index (χ3n) is 2.36. The highest BCUT2D eigenvalue weighted by Crippen LogP contribution is 2.25. The Balaban J connectivity index is 2.33. The molecule has 1 aliphatic carbocycles. The third-order valence-corrected chi connectivity index (χ3v) is 2.36. The Morgan fingerprint density at radius 1 is 1.67 bits per heavy atom. The second-order valence-electron chi connectivity index (χ2n) is 3.58. The number of hydrogen-bond donors (Lipinski definition) is 1. The summed E-state index contributed by atoms with van der Waals surface area (Å²) in [6.07, 6.45) is 4.09. The molecule has 0 aliphatic heterocycles. The fourth-order valence-electron chi connectivity index (χ4n) is 1.34. The van der Waals surface area contributed by atoms with Crippen molar-refractivity contribution in [2.45, 2.75) is 44.7 Å². The molecule has 1 amide bonds. The molecule has 2 N–H and O–H groups in total. The van der Waals surface area contributed by atoms with Crippen molar-refractivity contribution in [3.63, 3.8) is 0 Å². The fourth-order valence-corrected chi connectivity index (χ4v) is 1.34. The molecule has 0 heterocycles. The molecule has 0 saturated heterocycles. The Labute approximate surface area is 73.9 Å². The number of nitrogens with two attached hydrogens (primary N) is 1. The zero-order valence-electron chi connectivity index (χ0n) is 7.92. The van der Waals surface area contributed by atoms with Crippen LogP contribution in [0.5, 0.6) is 0 Å². The molecule has 0 bridgehead atoms. The van der Waals surface area contributed by atoms with Crippen molar-refractivity contribution in [1.82, 2.24) is 4.90 Å². The molecule has 1 unspecified atom stereocenters. The van der Waals surface area contributed by atoms with Crippen LogP contribution < -0.4 is 5.73 Å². The van der Waals surface area contributed by atoms with Crippen LogP contribution in [0.2, 0.25) is 0 Å². The summed E-state index contributed by atoms with van der Waals surface area (Å²) >= 11 is 0. The molecule has 3 nitrogen and oxygen atoms in total. The number of nitrogens with zero attached hydrogens (tertiary/aromatic N) is 1. The summed E-state index contributed by atoms with van der Waals surface area (Å²) < 4.78 is 0. The second kappa shape index (κ2) is 3.90. The molecule has 0 aromatic heterocycles. The summed E-state index contributed by atoms with van der Waals surface area (Å²) in [6.45, 7) is 2.05. The molecule has 1 atom stereocenters. The molecule has 70 valence electrons. The second-order valence-corrected chi connectivity index (χ2v) is 3.58. The van der Waals surface area contributed by atoms with E-state index in [2.05, 4.69) is 0 Å². The molecule has 0 spiro atoms. The first-order chi connectivity index (χ1) is 5.66. The Hall–Kier alpha value is -0.570. The fraction of sp³-hybridized carbons (Fsp3) is 0.889. The van der Waals surface area contributed by atoms with Gasteiger partial charge in [0.15, 0.2) is 0 Å². The van der Waals surface area contributed by atoms with Crippen LogP contribution in [-0.4, -0.2) is 29.9 Å². The first-order valence-corrected chi connectivity index (χ1v) is 4.69. The average Bonchev–Trinajstić information content (AvgIpc) is 2.84. The van der Waals surface area contributed by atoms with Gasteiger partial charge in [0.05, 0.1) is 6.04 Å². The molecule has 1 rings (SSSR count). The van der Waals surface area contributed by atoms with Crippen molar-refractivity contribution < 1.29 is 4.79 Å². The van der Waals surface area contributed by atoms with E-state index in [0.29, 0.717) is 6.04 Å². The summed E-state index contributed by atoms with van der Waals surface area (Å²) in [5.74, 6) is 0.111. The van der Waals surface area contributed by atoms with Crippen molar-refractivity contribution in [1.29, 1.82) is 0 Å². The topological polar surface area (TPSA) is 46.3 Å². The van der Waals surface area contributed by atoms with Crippen LogP contribution in [0.1, 0.15) is 32.6 Å². The molecule has 0 radical (unpaired) electrons. The van der Waals surface area contributed by atoms with E-state index in [1.54, 1.807) is 4.90 Å². The van der Waals surface area contributed by atoms with Crippen LogP contribution in [0.15, 0.2) is 0 Å². The van der Waals surface area contributed by atoms with Crippen LogP contribution in [0.3, 0.4) is 0 Å². The molecule has 3 heteroatoms. The van der Waals surface area contributed by atoms with Crippen LogP contribution >= 0.6 is 0 Å². The average molecular weight is 170 g/mol. The minimum absolute atomic E-state index is 0.111. The molecular weight excluding hydrogens is 152 g/mol. The first kappa shape index (κ1) is 9.52. The maximum absolute atomic E-state index is 11.5. The Kier molecular flexibility index (Phi) is 3.09. The maximum atomic E-state index is 11.5. The minimum Gasteiger partial charge on any atom is -0.341 e. The lowest BCUT2D eigenvalue weighted by Crippen LogP contribution is -2.42. The van der Waals surface area contributed by atoms with Crippen molar-refractivity contribution in [2.24, 2.45) is 5.73 Å². The molecule has 1 saturated carbocycles. The quantitative estimate of drug-likeness (QED) is 0.676. The number of carbonyl (C=O) groups excluding carboxylic acids is 1. The molecular formula is C9H18N2O. The van der Waals surface area contributed by atoms with E-state index in [4.69, 9.17) is 5.73 Å². The zero-order valence-corrected chi connectivity index (χ0v) is 7.92. The highest BCUT2D eigenvalue weighted by Gasteiger charge is 2.31. The van der Waals surface area contributed by atoms with Gasteiger partial charge in [-0.3, -0.25) is 4.79 Å². The SMILES string of the molecule is CCCC(N)C(=O)N(C)C1CC1. The van der Waals surface area contributed by atoms with Gasteiger partial charge < -0.3 is 10.6 Å². The van der Waals surface area contributed by atoms with E-state index >= 15 is 0 Å². The first-order valence-electron chi connectivity index (χ1n) is 4.69. The molecule has 12 heavy (non-hydrogen) atoms. The number of amides is 1. The lowest BCUT2D eigenvalue weighted by molar-refractivity contribution is -0.131. The predicted octanol–water partition coefficient (Wildman–Crippen LogP) is 0.735. The van der Waals surface area contributed by atoms with E-state index in [1.807, 2.05) is 14.0 Å². The van der Waals surface area contributed by atoms with Gasteiger partial charge in [0, 0.05) is 13.1 Å². The van der Waals surface area contributed by atoms with E-state index in [9.17, 15) is 4.79 Å². The van der Waals surface area contributed by atoms with Crippen LogP contribution in [0.4, 0.5) is 0 Å².